The Kier molecular flexibility index (Phi) is 11.9. The van der Waals surface area contributed by atoms with Crippen LogP contribution >= 0.6 is 0 Å². The van der Waals surface area contributed by atoms with Gasteiger partial charge in [0.05, 0.1) is 6.33 Å². The maximum atomic E-state index is 13.5. The molecular weight excluding hydrogens is 474 g/mol. The molecule has 11 heteroatoms. The Morgan fingerprint density at radius 2 is 1.78 bits per heavy atom. The molecule has 3 heterocycles. The molecule has 0 aromatic carbocycles. The monoisotopic (exact) mass is 517 g/mol. The van der Waals surface area contributed by atoms with Crippen LogP contribution in [0.2, 0.25) is 0 Å². The molecule has 2 aliphatic heterocycles. The summed E-state index contributed by atoms with van der Waals surface area (Å²) in [6.07, 6.45) is 14.5. The van der Waals surface area contributed by atoms with Gasteiger partial charge in [-0.3, -0.25) is 19.2 Å². The predicted octanol–water partition coefficient (Wildman–Crippen LogP) is 0.902. The Hall–Kier alpha value is -2.95. The predicted molar refractivity (Wildman–Crippen MR) is 139 cm³/mol. The van der Waals surface area contributed by atoms with E-state index in [2.05, 4.69) is 25.9 Å². The third-order valence-electron chi connectivity index (χ3n) is 7.17. The number of imidazole rings is 1. The number of aromatic nitrogens is 2. The minimum absolute atomic E-state index is 0.137. The molecule has 2 saturated heterocycles. The zero-order valence-electron chi connectivity index (χ0n) is 21.8. The number of unbranched alkanes of at least 4 members (excludes halogenated alkanes) is 7. The van der Waals surface area contributed by atoms with Crippen LogP contribution in [0.1, 0.15) is 82.7 Å². The molecular formula is C26H43N7O4. The van der Waals surface area contributed by atoms with Crippen LogP contribution in [0.25, 0.3) is 0 Å². The van der Waals surface area contributed by atoms with E-state index < -0.39 is 18.1 Å². The van der Waals surface area contributed by atoms with Gasteiger partial charge in [-0.2, -0.15) is 0 Å². The summed E-state index contributed by atoms with van der Waals surface area (Å²) >= 11 is 0. The van der Waals surface area contributed by atoms with Gasteiger partial charge in [0.25, 0.3) is 0 Å². The maximum absolute atomic E-state index is 13.5. The van der Waals surface area contributed by atoms with E-state index in [0.717, 1.165) is 38.6 Å². The summed E-state index contributed by atoms with van der Waals surface area (Å²) in [5, 5.41) is 8.46. The topological polar surface area (TPSA) is 162 Å². The Morgan fingerprint density at radius 1 is 1.05 bits per heavy atom. The van der Waals surface area contributed by atoms with Crippen molar-refractivity contribution in [3.63, 3.8) is 0 Å². The number of nitrogens with zero attached hydrogens (tertiary/aromatic N) is 2. The summed E-state index contributed by atoms with van der Waals surface area (Å²) in [6, 6.07) is -2.04. The van der Waals surface area contributed by atoms with E-state index >= 15 is 0 Å². The zero-order valence-corrected chi connectivity index (χ0v) is 21.8. The number of nitrogens with two attached hydrogens (primary N) is 1. The first kappa shape index (κ1) is 28.6. The largest absolute Gasteiger partial charge is 0.354 e. The zero-order chi connectivity index (χ0) is 26.5. The van der Waals surface area contributed by atoms with Crippen LogP contribution in [0.15, 0.2) is 12.5 Å². The van der Waals surface area contributed by atoms with Crippen LogP contribution in [0.4, 0.5) is 0 Å². The molecule has 11 nitrogen and oxygen atoms in total. The van der Waals surface area contributed by atoms with Gasteiger partial charge in [-0.05, 0) is 38.6 Å². The second-order valence-electron chi connectivity index (χ2n) is 10.1. The van der Waals surface area contributed by atoms with Gasteiger partial charge in [0, 0.05) is 37.8 Å². The lowest BCUT2D eigenvalue weighted by Crippen LogP contribution is -2.56. The minimum Gasteiger partial charge on any atom is -0.354 e. The van der Waals surface area contributed by atoms with Crippen molar-refractivity contribution in [2.75, 3.05) is 19.6 Å². The summed E-state index contributed by atoms with van der Waals surface area (Å²) in [5.74, 6) is -0.986. The van der Waals surface area contributed by atoms with Crippen molar-refractivity contribution >= 4 is 23.6 Å². The lowest BCUT2D eigenvalue weighted by molar-refractivity contribution is -0.141. The Bertz CT molecular complexity index is 876. The molecule has 6 N–H and O–H groups in total. The van der Waals surface area contributed by atoms with E-state index in [4.69, 9.17) is 5.73 Å². The number of aromatic amines is 1. The first-order valence-electron chi connectivity index (χ1n) is 13.8. The molecule has 4 amide bonds. The number of rotatable bonds is 16. The molecule has 37 heavy (non-hydrogen) atoms. The van der Waals surface area contributed by atoms with E-state index in [1.165, 1.54) is 32.0 Å². The number of hydrogen-bond donors (Lipinski definition) is 5. The number of carbonyl (C=O) groups is 4. The van der Waals surface area contributed by atoms with Crippen molar-refractivity contribution < 1.29 is 19.2 Å². The summed E-state index contributed by atoms with van der Waals surface area (Å²) in [6.45, 7) is 1.83. The fourth-order valence-corrected chi connectivity index (χ4v) is 5.06. The van der Waals surface area contributed by atoms with Gasteiger partial charge in [-0.1, -0.05) is 38.5 Å². The number of H-pyrrole nitrogens is 1. The van der Waals surface area contributed by atoms with E-state index in [1.54, 1.807) is 11.1 Å². The van der Waals surface area contributed by atoms with Crippen LogP contribution in [0.5, 0.6) is 0 Å². The van der Waals surface area contributed by atoms with Crippen LogP contribution in [-0.4, -0.2) is 76.3 Å². The first-order chi connectivity index (χ1) is 18.0. The average Bonchev–Trinajstić information content (AvgIpc) is 3.66. The molecule has 0 unspecified atom stereocenters. The molecule has 3 rings (SSSR count). The third-order valence-corrected chi connectivity index (χ3v) is 7.17. The normalized spacial score (nSPS) is 20.0. The molecule has 0 radical (unpaired) electrons. The number of carbonyl (C=O) groups excluding carboxylic acids is 4. The van der Waals surface area contributed by atoms with Crippen molar-refractivity contribution in [2.24, 2.45) is 5.73 Å². The lowest BCUT2D eigenvalue weighted by atomic mass is 10.1. The minimum atomic E-state index is -0.858. The lowest BCUT2D eigenvalue weighted by Gasteiger charge is -2.29. The van der Waals surface area contributed by atoms with E-state index in [0.29, 0.717) is 38.0 Å². The highest BCUT2D eigenvalue weighted by Crippen LogP contribution is 2.20. The van der Waals surface area contributed by atoms with E-state index in [9.17, 15) is 19.2 Å². The highest BCUT2D eigenvalue weighted by atomic mass is 16.2. The number of hydrogen-bond acceptors (Lipinski definition) is 6. The van der Waals surface area contributed by atoms with Gasteiger partial charge in [0.2, 0.25) is 23.6 Å². The van der Waals surface area contributed by atoms with Crippen molar-refractivity contribution in [1.29, 1.82) is 0 Å². The summed E-state index contributed by atoms with van der Waals surface area (Å²) in [4.78, 5) is 59.4. The van der Waals surface area contributed by atoms with Crippen LogP contribution in [0, 0.1) is 0 Å². The maximum Gasteiger partial charge on any atom is 0.246 e. The number of amides is 4. The Balaban J connectivity index is 1.47. The molecule has 1 aromatic rings. The summed E-state index contributed by atoms with van der Waals surface area (Å²) < 4.78 is 0. The van der Waals surface area contributed by atoms with Gasteiger partial charge in [0.1, 0.15) is 18.1 Å². The van der Waals surface area contributed by atoms with Crippen molar-refractivity contribution in [3.8, 4) is 0 Å². The summed E-state index contributed by atoms with van der Waals surface area (Å²) in [7, 11) is 0. The summed E-state index contributed by atoms with van der Waals surface area (Å²) in [5.41, 5.74) is 6.22. The van der Waals surface area contributed by atoms with Gasteiger partial charge in [-0.25, -0.2) is 4.98 Å². The first-order valence-corrected chi connectivity index (χ1v) is 13.8. The fourth-order valence-electron chi connectivity index (χ4n) is 5.06. The van der Waals surface area contributed by atoms with Gasteiger partial charge >= 0.3 is 0 Å². The molecule has 206 valence electrons. The van der Waals surface area contributed by atoms with E-state index in [-0.39, 0.29) is 30.0 Å². The Labute approximate surface area is 219 Å². The second kappa shape index (κ2) is 15.3. The molecule has 0 aliphatic carbocycles. The SMILES string of the molecule is NCCCCCCCCCCNC(=O)[C@@H]1CCCN1C(=O)[C@H](Cc1cnc[nH]1)NC(=O)[C@@H]1CCC(=O)N1. The third kappa shape index (κ3) is 9.14. The molecule has 2 aliphatic rings. The van der Waals surface area contributed by atoms with E-state index in [1.807, 2.05) is 0 Å². The van der Waals surface area contributed by atoms with Crippen molar-refractivity contribution in [3.05, 3.63) is 18.2 Å². The number of nitrogens with one attached hydrogen (secondary N) is 4. The van der Waals surface area contributed by atoms with Crippen molar-refractivity contribution in [2.45, 2.75) is 102 Å². The molecule has 0 spiro atoms. The van der Waals surface area contributed by atoms with Crippen LogP contribution < -0.4 is 21.7 Å². The van der Waals surface area contributed by atoms with Gasteiger partial charge in [0.15, 0.2) is 0 Å². The molecule has 0 bridgehead atoms. The second-order valence-corrected chi connectivity index (χ2v) is 10.1. The molecule has 1 aromatic heterocycles. The van der Waals surface area contributed by atoms with Crippen LogP contribution in [0.3, 0.4) is 0 Å². The standard InChI is InChI=1S/C26H43N7O4/c27-13-7-5-3-1-2-4-6-8-14-29-25(36)22-10-9-15-33(22)26(37)21(16-19-17-28-18-30-19)32-24(35)20-11-12-23(34)31-20/h17-18,20-22H,1-16,27H2,(H,28,30)(H,29,36)(H,31,34)(H,32,35)/t20-,21-,22-/m0/s1. The number of likely N-dealkylation sites (tertiary alicyclic amines) is 1. The molecule has 3 atom stereocenters. The molecule has 2 fully saturated rings. The van der Waals surface area contributed by atoms with Gasteiger partial charge < -0.3 is 31.6 Å². The molecule has 0 saturated carbocycles. The smallest absolute Gasteiger partial charge is 0.246 e. The Morgan fingerprint density at radius 3 is 2.43 bits per heavy atom. The highest BCUT2D eigenvalue weighted by molar-refractivity contribution is 5.95. The average molecular weight is 518 g/mol. The van der Waals surface area contributed by atoms with Crippen molar-refractivity contribution in [1.82, 2.24) is 30.8 Å². The fraction of sp³-hybridized carbons (Fsp3) is 0.731. The van der Waals surface area contributed by atoms with Gasteiger partial charge in [-0.15, -0.1) is 0 Å². The highest BCUT2D eigenvalue weighted by Gasteiger charge is 2.39. The van der Waals surface area contributed by atoms with Crippen LogP contribution in [-0.2, 0) is 25.6 Å². The quantitative estimate of drug-likeness (QED) is 0.205.